The Bertz CT molecular complexity index is 202. The van der Waals surface area contributed by atoms with Crippen LogP contribution in [0.5, 0.6) is 0 Å². The monoisotopic (exact) mass is 224 g/mol. The molecule has 2 rings (SSSR count). The summed E-state index contributed by atoms with van der Waals surface area (Å²) >= 11 is 0. The van der Waals surface area contributed by atoms with Crippen LogP contribution in [0.1, 0.15) is 51.4 Å². The molecule has 16 heavy (non-hydrogen) atoms. The Hall–Kier alpha value is -0.0151. The molecule has 2 fully saturated rings. The highest BCUT2D eigenvalue weighted by molar-refractivity contribution is 6.11. The first-order valence-electron chi connectivity index (χ1n) is 7.07. The smallest absolute Gasteiger partial charge is 0.139 e. The molecule has 1 unspecified atom stereocenters. The molecule has 3 heteroatoms. The zero-order valence-electron chi connectivity index (χ0n) is 10.5. The summed E-state index contributed by atoms with van der Waals surface area (Å²) in [5, 5.41) is 9.39. The minimum Gasteiger partial charge on any atom is -0.394 e. The summed E-state index contributed by atoms with van der Waals surface area (Å²) in [7, 11) is 2.14. The van der Waals surface area contributed by atoms with Crippen LogP contribution in [0, 0.1) is 11.8 Å². The molecule has 0 bridgehead atoms. The van der Waals surface area contributed by atoms with E-state index in [-0.39, 0.29) is 12.7 Å². The van der Waals surface area contributed by atoms with E-state index in [9.17, 15) is 5.11 Å². The molecule has 0 aromatic heterocycles. The van der Waals surface area contributed by atoms with E-state index in [2.05, 4.69) is 7.85 Å². The number of hydrogen-bond acceptors (Lipinski definition) is 2. The van der Waals surface area contributed by atoms with Crippen molar-refractivity contribution in [2.45, 2.75) is 63.5 Å². The fourth-order valence-corrected chi connectivity index (χ4v) is 3.58. The molecular weight excluding hydrogens is 199 g/mol. The van der Waals surface area contributed by atoms with Crippen LogP contribution in [-0.4, -0.2) is 31.7 Å². The SMILES string of the molecule is B[C@H]1C[C@@H](C2CCCCCCC2)C(CO)O1. The van der Waals surface area contributed by atoms with Crippen LogP contribution in [0.3, 0.4) is 0 Å². The summed E-state index contributed by atoms with van der Waals surface area (Å²) in [6.45, 7) is 0.214. The van der Waals surface area contributed by atoms with Gasteiger partial charge in [-0.3, -0.25) is 0 Å². The van der Waals surface area contributed by atoms with Gasteiger partial charge in [-0.2, -0.15) is 0 Å². The highest BCUT2D eigenvalue weighted by Crippen LogP contribution is 2.37. The number of aliphatic hydroxyl groups is 1. The van der Waals surface area contributed by atoms with Gasteiger partial charge in [0.2, 0.25) is 0 Å². The van der Waals surface area contributed by atoms with Gasteiger partial charge >= 0.3 is 0 Å². The average molecular weight is 224 g/mol. The van der Waals surface area contributed by atoms with E-state index in [1.54, 1.807) is 0 Å². The normalized spacial score (nSPS) is 38.2. The molecular formula is C13H25BO2. The highest BCUT2D eigenvalue weighted by atomic mass is 16.5. The molecule has 0 aromatic rings. The molecule has 1 aliphatic heterocycles. The molecule has 92 valence electrons. The lowest BCUT2D eigenvalue weighted by Gasteiger charge is -2.28. The van der Waals surface area contributed by atoms with Gasteiger partial charge in [-0.05, 0) is 18.3 Å². The molecule has 0 radical (unpaired) electrons. The van der Waals surface area contributed by atoms with Crippen molar-refractivity contribution in [3.63, 3.8) is 0 Å². The van der Waals surface area contributed by atoms with E-state index in [0.717, 1.165) is 12.3 Å². The van der Waals surface area contributed by atoms with Crippen LogP contribution in [-0.2, 0) is 4.74 Å². The standard InChI is InChI=1S/C13H25BO2/c14-13-8-11(12(9-15)16-13)10-6-4-2-1-3-5-7-10/h10-13,15H,1-9,14H2/t11-,12?,13+/m0/s1. The Morgan fingerprint density at radius 2 is 1.69 bits per heavy atom. The Kier molecular flexibility index (Phi) is 4.72. The predicted molar refractivity (Wildman–Crippen MR) is 68.2 cm³/mol. The van der Waals surface area contributed by atoms with Gasteiger partial charge in [0, 0.05) is 6.00 Å². The first kappa shape index (κ1) is 12.4. The minimum atomic E-state index is 0.124. The van der Waals surface area contributed by atoms with Gasteiger partial charge in [0.15, 0.2) is 0 Å². The molecule has 2 aliphatic rings. The number of aliphatic hydroxyl groups excluding tert-OH is 1. The van der Waals surface area contributed by atoms with E-state index in [1.807, 2.05) is 0 Å². The second-order valence-corrected chi connectivity index (χ2v) is 5.67. The highest BCUT2D eigenvalue weighted by Gasteiger charge is 2.37. The van der Waals surface area contributed by atoms with Crippen molar-refractivity contribution in [1.82, 2.24) is 0 Å². The lowest BCUT2D eigenvalue weighted by Crippen LogP contribution is -2.27. The Morgan fingerprint density at radius 1 is 1.06 bits per heavy atom. The van der Waals surface area contributed by atoms with E-state index in [0.29, 0.717) is 11.9 Å². The maximum atomic E-state index is 9.39. The van der Waals surface area contributed by atoms with Crippen molar-refractivity contribution < 1.29 is 9.84 Å². The third-order valence-corrected chi connectivity index (χ3v) is 4.42. The quantitative estimate of drug-likeness (QED) is 0.723. The molecule has 1 N–H and O–H groups in total. The van der Waals surface area contributed by atoms with Crippen molar-refractivity contribution in [2.75, 3.05) is 6.61 Å². The zero-order valence-corrected chi connectivity index (χ0v) is 10.5. The largest absolute Gasteiger partial charge is 0.394 e. The Balaban J connectivity index is 1.92. The summed E-state index contributed by atoms with van der Waals surface area (Å²) in [6, 6.07) is 0.354. The summed E-state index contributed by atoms with van der Waals surface area (Å²) in [4.78, 5) is 0. The van der Waals surface area contributed by atoms with E-state index in [1.165, 1.54) is 44.9 Å². The fraction of sp³-hybridized carbons (Fsp3) is 1.00. The van der Waals surface area contributed by atoms with Gasteiger partial charge in [0.1, 0.15) is 7.85 Å². The van der Waals surface area contributed by atoms with Crippen molar-refractivity contribution in [3.05, 3.63) is 0 Å². The molecule has 0 spiro atoms. The minimum absolute atomic E-state index is 0.124. The van der Waals surface area contributed by atoms with Crippen LogP contribution in [0.2, 0.25) is 0 Å². The van der Waals surface area contributed by atoms with Gasteiger partial charge in [-0.25, -0.2) is 0 Å². The second-order valence-electron chi connectivity index (χ2n) is 5.67. The van der Waals surface area contributed by atoms with Crippen LogP contribution in [0.25, 0.3) is 0 Å². The number of rotatable bonds is 2. The summed E-state index contributed by atoms with van der Waals surface area (Å²) in [5.74, 6) is 1.43. The van der Waals surface area contributed by atoms with E-state index >= 15 is 0 Å². The molecule has 1 heterocycles. The molecule has 0 aromatic carbocycles. The van der Waals surface area contributed by atoms with Gasteiger partial charge in [-0.1, -0.05) is 44.9 Å². The molecule has 1 saturated carbocycles. The van der Waals surface area contributed by atoms with Gasteiger partial charge in [0.25, 0.3) is 0 Å². The van der Waals surface area contributed by atoms with Gasteiger partial charge in [-0.15, -0.1) is 0 Å². The third-order valence-electron chi connectivity index (χ3n) is 4.42. The van der Waals surface area contributed by atoms with Gasteiger partial charge in [0.05, 0.1) is 12.7 Å². The lowest BCUT2D eigenvalue weighted by molar-refractivity contribution is 0.0129. The summed E-state index contributed by atoms with van der Waals surface area (Å²) < 4.78 is 5.80. The summed E-state index contributed by atoms with van der Waals surface area (Å²) in [6.07, 6.45) is 11.0. The third kappa shape index (κ3) is 3.01. The maximum Gasteiger partial charge on any atom is 0.139 e. The Morgan fingerprint density at radius 3 is 2.31 bits per heavy atom. The van der Waals surface area contributed by atoms with E-state index in [4.69, 9.17) is 4.74 Å². The lowest BCUT2D eigenvalue weighted by atomic mass is 9.76. The van der Waals surface area contributed by atoms with Crippen LogP contribution in [0.4, 0.5) is 0 Å². The Labute approximate surface area is 100 Å². The van der Waals surface area contributed by atoms with Crippen LogP contribution < -0.4 is 0 Å². The number of ether oxygens (including phenoxy) is 1. The zero-order chi connectivity index (χ0) is 11.4. The van der Waals surface area contributed by atoms with Crippen molar-refractivity contribution in [3.8, 4) is 0 Å². The molecule has 2 nitrogen and oxygen atoms in total. The molecule has 3 atom stereocenters. The summed E-state index contributed by atoms with van der Waals surface area (Å²) in [5.41, 5.74) is 0. The first-order valence-corrected chi connectivity index (χ1v) is 7.07. The topological polar surface area (TPSA) is 29.5 Å². The fourth-order valence-electron chi connectivity index (χ4n) is 3.58. The maximum absolute atomic E-state index is 9.39. The van der Waals surface area contributed by atoms with Gasteiger partial charge < -0.3 is 9.84 Å². The molecule has 1 aliphatic carbocycles. The van der Waals surface area contributed by atoms with E-state index < -0.39 is 0 Å². The van der Waals surface area contributed by atoms with Crippen LogP contribution in [0.15, 0.2) is 0 Å². The average Bonchev–Trinajstić information content (AvgIpc) is 2.59. The predicted octanol–water partition coefficient (Wildman–Crippen LogP) is 1.70. The number of hydrogen-bond donors (Lipinski definition) is 1. The molecule has 0 amide bonds. The molecule has 1 saturated heterocycles. The second kappa shape index (κ2) is 6.06. The first-order chi connectivity index (χ1) is 7.81. The van der Waals surface area contributed by atoms with Crippen molar-refractivity contribution in [1.29, 1.82) is 0 Å². The van der Waals surface area contributed by atoms with Crippen molar-refractivity contribution in [2.24, 2.45) is 11.8 Å². The van der Waals surface area contributed by atoms with Crippen molar-refractivity contribution >= 4 is 7.85 Å². The van der Waals surface area contributed by atoms with Crippen LogP contribution >= 0.6 is 0 Å².